The summed E-state index contributed by atoms with van der Waals surface area (Å²) >= 11 is 0. The highest BCUT2D eigenvalue weighted by Crippen LogP contribution is 2.29. The fourth-order valence-corrected chi connectivity index (χ4v) is 3.35. The van der Waals surface area contributed by atoms with Gasteiger partial charge in [0, 0.05) is 13.0 Å². The molecular formula is C21H24N2O2. The van der Waals surface area contributed by atoms with E-state index in [0.717, 1.165) is 11.1 Å². The highest BCUT2D eigenvalue weighted by molar-refractivity contribution is 5.89. The molecule has 0 aromatic heterocycles. The normalized spacial score (nSPS) is 19.5. The molecule has 3 rings (SSSR count). The highest BCUT2D eigenvalue weighted by atomic mass is 16.2. The van der Waals surface area contributed by atoms with Gasteiger partial charge in [-0.05, 0) is 25.0 Å². The molecule has 4 nitrogen and oxygen atoms in total. The van der Waals surface area contributed by atoms with Crippen molar-refractivity contribution in [1.29, 1.82) is 0 Å². The van der Waals surface area contributed by atoms with Crippen molar-refractivity contribution in [3.8, 4) is 0 Å². The van der Waals surface area contributed by atoms with Crippen molar-refractivity contribution >= 4 is 11.8 Å². The van der Waals surface area contributed by atoms with Crippen LogP contribution in [0.25, 0.3) is 0 Å². The topological polar surface area (TPSA) is 49.4 Å². The van der Waals surface area contributed by atoms with Gasteiger partial charge in [0.05, 0.1) is 18.0 Å². The molecule has 0 spiro atoms. The summed E-state index contributed by atoms with van der Waals surface area (Å²) in [6, 6.07) is 19.7. The van der Waals surface area contributed by atoms with E-state index < -0.39 is 0 Å². The number of amides is 2. The van der Waals surface area contributed by atoms with Crippen molar-refractivity contribution in [3.05, 3.63) is 71.8 Å². The Balaban J connectivity index is 1.63. The monoisotopic (exact) mass is 336 g/mol. The van der Waals surface area contributed by atoms with Crippen LogP contribution < -0.4 is 5.32 Å². The Kier molecular flexibility index (Phi) is 5.17. The van der Waals surface area contributed by atoms with Gasteiger partial charge >= 0.3 is 0 Å². The first-order valence-corrected chi connectivity index (χ1v) is 8.76. The van der Waals surface area contributed by atoms with Crippen molar-refractivity contribution < 1.29 is 9.59 Å². The third-order valence-corrected chi connectivity index (χ3v) is 4.94. The molecule has 1 aliphatic heterocycles. The maximum atomic E-state index is 12.6. The Hall–Kier alpha value is -2.62. The SMILES string of the molecule is C[C@H](NC(=O)[C@@H]1CC(=O)N([C@H](C)c2ccccc2)C1)c1ccccc1. The van der Waals surface area contributed by atoms with E-state index in [1.165, 1.54) is 0 Å². The summed E-state index contributed by atoms with van der Waals surface area (Å²) in [5, 5.41) is 3.04. The number of likely N-dealkylation sites (tertiary alicyclic amines) is 1. The Bertz CT molecular complexity index is 730. The lowest BCUT2D eigenvalue weighted by molar-refractivity contribution is -0.130. The first-order chi connectivity index (χ1) is 12.1. The molecule has 2 amide bonds. The number of nitrogens with one attached hydrogen (secondary N) is 1. The number of benzene rings is 2. The van der Waals surface area contributed by atoms with E-state index in [1.807, 2.05) is 79.4 Å². The molecule has 1 saturated heterocycles. The second kappa shape index (κ2) is 7.51. The summed E-state index contributed by atoms with van der Waals surface area (Å²) in [7, 11) is 0. The first kappa shape index (κ1) is 17.2. The van der Waals surface area contributed by atoms with Crippen molar-refractivity contribution in [2.24, 2.45) is 5.92 Å². The molecule has 4 heteroatoms. The Morgan fingerprint density at radius 2 is 1.56 bits per heavy atom. The summed E-state index contributed by atoms with van der Waals surface area (Å²) in [5.74, 6) is -0.291. The van der Waals surface area contributed by atoms with Crippen molar-refractivity contribution in [3.63, 3.8) is 0 Å². The summed E-state index contributed by atoms with van der Waals surface area (Å²) in [6.45, 7) is 4.46. The van der Waals surface area contributed by atoms with E-state index in [9.17, 15) is 9.59 Å². The zero-order valence-corrected chi connectivity index (χ0v) is 14.7. The fourth-order valence-electron chi connectivity index (χ4n) is 3.35. The third kappa shape index (κ3) is 3.90. The van der Waals surface area contributed by atoms with Crippen LogP contribution in [0.4, 0.5) is 0 Å². The molecule has 3 atom stereocenters. The number of hydrogen-bond donors (Lipinski definition) is 1. The van der Waals surface area contributed by atoms with Crippen LogP contribution in [0.2, 0.25) is 0 Å². The highest BCUT2D eigenvalue weighted by Gasteiger charge is 2.37. The fraction of sp³-hybridized carbons (Fsp3) is 0.333. The maximum Gasteiger partial charge on any atom is 0.225 e. The molecule has 2 aromatic carbocycles. The third-order valence-electron chi connectivity index (χ3n) is 4.94. The molecule has 130 valence electrons. The second-order valence-corrected chi connectivity index (χ2v) is 6.67. The summed E-state index contributed by atoms with van der Waals surface area (Å²) in [5.41, 5.74) is 2.16. The molecule has 0 bridgehead atoms. The van der Waals surface area contributed by atoms with Gasteiger partial charge in [-0.2, -0.15) is 0 Å². The van der Waals surface area contributed by atoms with Gasteiger partial charge in [0.25, 0.3) is 0 Å². The van der Waals surface area contributed by atoms with Gasteiger partial charge in [-0.25, -0.2) is 0 Å². The van der Waals surface area contributed by atoms with Gasteiger partial charge in [-0.1, -0.05) is 60.7 Å². The smallest absolute Gasteiger partial charge is 0.225 e. The minimum absolute atomic E-state index is 0.0157. The van der Waals surface area contributed by atoms with Gasteiger partial charge in [0.15, 0.2) is 0 Å². The Morgan fingerprint density at radius 3 is 2.16 bits per heavy atom. The van der Waals surface area contributed by atoms with Crippen LogP contribution in [0.15, 0.2) is 60.7 Å². The van der Waals surface area contributed by atoms with Crippen LogP contribution in [-0.2, 0) is 9.59 Å². The lowest BCUT2D eigenvalue weighted by Crippen LogP contribution is -2.35. The van der Waals surface area contributed by atoms with Crippen LogP contribution >= 0.6 is 0 Å². The lowest BCUT2D eigenvalue weighted by atomic mass is 10.0. The molecule has 0 saturated carbocycles. The van der Waals surface area contributed by atoms with Crippen LogP contribution in [0.1, 0.15) is 43.5 Å². The first-order valence-electron chi connectivity index (χ1n) is 8.76. The molecule has 0 unspecified atom stereocenters. The summed E-state index contributed by atoms with van der Waals surface area (Å²) in [4.78, 5) is 26.8. The van der Waals surface area contributed by atoms with E-state index in [0.29, 0.717) is 6.54 Å². The molecule has 1 aliphatic rings. The molecule has 0 radical (unpaired) electrons. The second-order valence-electron chi connectivity index (χ2n) is 6.67. The van der Waals surface area contributed by atoms with Crippen molar-refractivity contribution in [2.75, 3.05) is 6.54 Å². The van der Waals surface area contributed by atoms with E-state index in [4.69, 9.17) is 0 Å². The number of nitrogens with zero attached hydrogens (tertiary/aromatic N) is 1. The van der Waals surface area contributed by atoms with E-state index in [2.05, 4.69) is 5.32 Å². The molecule has 25 heavy (non-hydrogen) atoms. The zero-order valence-electron chi connectivity index (χ0n) is 14.7. The molecule has 1 fully saturated rings. The minimum atomic E-state index is -0.287. The van der Waals surface area contributed by atoms with Crippen LogP contribution in [0.3, 0.4) is 0 Å². The predicted octanol–water partition coefficient (Wildman–Crippen LogP) is 3.47. The van der Waals surface area contributed by atoms with Crippen LogP contribution in [0.5, 0.6) is 0 Å². The van der Waals surface area contributed by atoms with Gasteiger partial charge in [-0.15, -0.1) is 0 Å². The molecule has 0 aliphatic carbocycles. The molecule has 2 aromatic rings. The molecular weight excluding hydrogens is 312 g/mol. The summed E-state index contributed by atoms with van der Waals surface area (Å²) < 4.78 is 0. The predicted molar refractivity (Wildman–Crippen MR) is 97.7 cm³/mol. The van der Waals surface area contributed by atoms with E-state index in [-0.39, 0.29) is 36.2 Å². The number of carbonyl (C=O) groups excluding carboxylic acids is 2. The van der Waals surface area contributed by atoms with Crippen molar-refractivity contribution in [1.82, 2.24) is 10.2 Å². The standard InChI is InChI=1S/C21H24N2O2/c1-15(17-9-5-3-6-10-17)22-21(25)19-13-20(24)23(14-19)16(2)18-11-7-4-8-12-18/h3-12,15-16,19H,13-14H2,1-2H3,(H,22,25)/t15-,16+,19+/m0/s1. The van der Waals surface area contributed by atoms with Gasteiger partial charge < -0.3 is 10.2 Å². The summed E-state index contributed by atoms with van der Waals surface area (Å²) in [6.07, 6.45) is 0.282. The zero-order chi connectivity index (χ0) is 17.8. The Labute approximate surface area is 148 Å². The number of carbonyl (C=O) groups is 2. The van der Waals surface area contributed by atoms with Gasteiger partial charge in [-0.3, -0.25) is 9.59 Å². The van der Waals surface area contributed by atoms with Gasteiger partial charge in [0.2, 0.25) is 11.8 Å². The van der Waals surface area contributed by atoms with Crippen molar-refractivity contribution in [2.45, 2.75) is 32.4 Å². The van der Waals surface area contributed by atoms with E-state index in [1.54, 1.807) is 0 Å². The minimum Gasteiger partial charge on any atom is -0.349 e. The average molecular weight is 336 g/mol. The largest absolute Gasteiger partial charge is 0.349 e. The average Bonchev–Trinajstić information content (AvgIpc) is 3.04. The number of rotatable bonds is 5. The van der Waals surface area contributed by atoms with Crippen LogP contribution in [0, 0.1) is 5.92 Å². The maximum absolute atomic E-state index is 12.6. The number of hydrogen-bond acceptors (Lipinski definition) is 2. The molecule has 1 heterocycles. The quantitative estimate of drug-likeness (QED) is 0.909. The van der Waals surface area contributed by atoms with Crippen LogP contribution in [-0.4, -0.2) is 23.3 Å². The van der Waals surface area contributed by atoms with Gasteiger partial charge in [0.1, 0.15) is 0 Å². The Morgan fingerprint density at radius 1 is 1.00 bits per heavy atom. The van der Waals surface area contributed by atoms with E-state index >= 15 is 0 Å². The lowest BCUT2D eigenvalue weighted by Gasteiger charge is -2.25. The molecule has 1 N–H and O–H groups in total.